The highest BCUT2D eigenvalue weighted by Gasteiger charge is 2.32. The van der Waals surface area contributed by atoms with Crippen LogP contribution in [0.25, 0.3) is 0 Å². The minimum atomic E-state index is -4.31. The number of likely N-dealkylation sites (tertiary alicyclic amines) is 1. The Kier molecular flexibility index (Phi) is 5.27. The molecule has 1 aromatic carbocycles. The third-order valence-corrected chi connectivity index (χ3v) is 4.33. The number of benzene rings is 1. The van der Waals surface area contributed by atoms with E-state index in [1.54, 1.807) is 6.07 Å². The SMILES string of the molecule is CC1CCCCCN1C(CN)c1cccc(C(F)(F)F)c1. The number of rotatable bonds is 3. The number of hydrogen-bond acceptors (Lipinski definition) is 2. The Balaban J connectivity index is 2.28. The van der Waals surface area contributed by atoms with Crippen molar-refractivity contribution in [3.63, 3.8) is 0 Å². The van der Waals surface area contributed by atoms with Crippen molar-refractivity contribution in [2.24, 2.45) is 5.73 Å². The van der Waals surface area contributed by atoms with Gasteiger partial charge in [0.1, 0.15) is 0 Å². The Morgan fingerprint density at radius 3 is 2.71 bits per heavy atom. The van der Waals surface area contributed by atoms with Gasteiger partial charge < -0.3 is 5.73 Å². The van der Waals surface area contributed by atoms with Crippen LogP contribution < -0.4 is 5.73 Å². The van der Waals surface area contributed by atoms with Crippen molar-refractivity contribution in [2.75, 3.05) is 13.1 Å². The van der Waals surface area contributed by atoms with Crippen LogP contribution in [0.4, 0.5) is 13.2 Å². The fourth-order valence-corrected chi connectivity index (χ4v) is 3.15. The lowest BCUT2D eigenvalue weighted by Crippen LogP contribution is -2.39. The maximum Gasteiger partial charge on any atom is 0.416 e. The van der Waals surface area contributed by atoms with E-state index in [0.717, 1.165) is 25.5 Å². The molecule has 118 valence electrons. The summed E-state index contributed by atoms with van der Waals surface area (Å²) >= 11 is 0. The predicted octanol–water partition coefficient (Wildman–Crippen LogP) is 3.97. The number of alkyl halides is 3. The van der Waals surface area contributed by atoms with Crippen LogP contribution >= 0.6 is 0 Å². The minimum Gasteiger partial charge on any atom is -0.329 e. The van der Waals surface area contributed by atoms with Gasteiger partial charge in [-0.25, -0.2) is 0 Å². The first-order chi connectivity index (χ1) is 9.93. The molecule has 2 rings (SSSR count). The van der Waals surface area contributed by atoms with Crippen molar-refractivity contribution in [1.29, 1.82) is 0 Å². The first-order valence-corrected chi connectivity index (χ1v) is 7.56. The molecule has 1 aliphatic rings. The van der Waals surface area contributed by atoms with E-state index in [1.807, 2.05) is 0 Å². The van der Waals surface area contributed by atoms with Crippen LogP contribution in [-0.2, 0) is 6.18 Å². The van der Waals surface area contributed by atoms with Crippen molar-refractivity contribution in [1.82, 2.24) is 4.90 Å². The van der Waals surface area contributed by atoms with Gasteiger partial charge in [0.25, 0.3) is 0 Å². The third-order valence-electron chi connectivity index (χ3n) is 4.33. The van der Waals surface area contributed by atoms with Gasteiger partial charge in [-0.3, -0.25) is 4.90 Å². The van der Waals surface area contributed by atoms with Gasteiger partial charge in [-0.2, -0.15) is 13.2 Å². The number of hydrogen-bond donors (Lipinski definition) is 1. The minimum absolute atomic E-state index is 0.139. The smallest absolute Gasteiger partial charge is 0.329 e. The molecule has 0 aromatic heterocycles. The third kappa shape index (κ3) is 3.98. The monoisotopic (exact) mass is 300 g/mol. The zero-order chi connectivity index (χ0) is 15.5. The van der Waals surface area contributed by atoms with Gasteiger partial charge in [0.15, 0.2) is 0 Å². The van der Waals surface area contributed by atoms with Crippen LogP contribution in [0.3, 0.4) is 0 Å². The standard InChI is InChI=1S/C16H23F3N2/c1-12-6-3-2-4-9-21(12)15(11-20)13-7-5-8-14(10-13)16(17,18)19/h5,7-8,10,12,15H,2-4,6,9,11,20H2,1H3. The van der Waals surface area contributed by atoms with E-state index in [1.165, 1.54) is 25.0 Å². The van der Waals surface area contributed by atoms with Gasteiger partial charge in [0.05, 0.1) is 5.56 Å². The summed E-state index contributed by atoms with van der Waals surface area (Å²) in [6.45, 7) is 3.38. The highest BCUT2D eigenvalue weighted by molar-refractivity contribution is 5.28. The molecule has 1 aromatic rings. The van der Waals surface area contributed by atoms with Crippen LogP contribution in [0.15, 0.2) is 24.3 Å². The van der Waals surface area contributed by atoms with Crippen LogP contribution in [0, 0.1) is 0 Å². The van der Waals surface area contributed by atoms with Gasteiger partial charge >= 0.3 is 6.18 Å². The molecule has 2 unspecified atom stereocenters. The second-order valence-corrected chi connectivity index (χ2v) is 5.81. The molecule has 1 heterocycles. The molecular formula is C16H23F3N2. The molecule has 2 atom stereocenters. The lowest BCUT2D eigenvalue weighted by molar-refractivity contribution is -0.137. The zero-order valence-corrected chi connectivity index (χ0v) is 12.4. The van der Waals surface area contributed by atoms with Crippen LogP contribution in [0.2, 0.25) is 0 Å². The van der Waals surface area contributed by atoms with Gasteiger partial charge in [0, 0.05) is 18.6 Å². The molecule has 1 aliphatic heterocycles. The molecular weight excluding hydrogens is 277 g/mol. The molecule has 0 aliphatic carbocycles. The maximum atomic E-state index is 12.9. The molecule has 2 nitrogen and oxygen atoms in total. The summed E-state index contributed by atoms with van der Waals surface area (Å²) in [6, 6.07) is 5.81. The second kappa shape index (κ2) is 6.79. The zero-order valence-electron chi connectivity index (χ0n) is 12.4. The first-order valence-electron chi connectivity index (χ1n) is 7.56. The average Bonchev–Trinajstić information content (AvgIpc) is 2.65. The van der Waals surface area contributed by atoms with Crippen molar-refractivity contribution >= 4 is 0 Å². The van der Waals surface area contributed by atoms with Crippen LogP contribution in [-0.4, -0.2) is 24.0 Å². The molecule has 0 amide bonds. The summed E-state index contributed by atoms with van der Waals surface area (Å²) in [6.07, 6.45) is 0.215. The number of nitrogens with zero attached hydrogens (tertiary/aromatic N) is 1. The van der Waals surface area contributed by atoms with E-state index in [9.17, 15) is 13.2 Å². The van der Waals surface area contributed by atoms with E-state index in [0.29, 0.717) is 18.2 Å². The van der Waals surface area contributed by atoms with Crippen molar-refractivity contribution in [2.45, 2.75) is 50.9 Å². The second-order valence-electron chi connectivity index (χ2n) is 5.81. The van der Waals surface area contributed by atoms with E-state index in [4.69, 9.17) is 5.73 Å². The van der Waals surface area contributed by atoms with E-state index >= 15 is 0 Å². The number of halogens is 3. The molecule has 0 spiro atoms. The number of nitrogens with two attached hydrogens (primary N) is 1. The first kappa shape index (κ1) is 16.3. The molecule has 2 N–H and O–H groups in total. The lowest BCUT2D eigenvalue weighted by atomic mass is 10.0. The summed E-state index contributed by atoms with van der Waals surface area (Å²) in [7, 11) is 0. The van der Waals surface area contributed by atoms with E-state index in [2.05, 4.69) is 11.8 Å². The largest absolute Gasteiger partial charge is 0.416 e. The summed E-state index contributed by atoms with van der Waals surface area (Å²) in [5.74, 6) is 0. The van der Waals surface area contributed by atoms with E-state index in [-0.39, 0.29) is 6.04 Å². The van der Waals surface area contributed by atoms with Crippen LogP contribution in [0.5, 0.6) is 0 Å². The van der Waals surface area contributed by atoms with Crippen LogP contribution in [0.1, 0.15) is 49.8 Å². The van der Waals surface area contributed by atoms with Gasteiger partial charge in [0.2, 0.25) is 0 Å². The highest BCUT2D eigenvalue weighted by Crippen LogP contribution is 2.33. The Bertz CT molecular complexity index is 459. The van der Waals surface area contributed by atoms with Crippen molar-refractivity contribution in [3.8, 4) is 0 Å². The molecule has 0 bridgehead atoms. The lowest BCUT2D eigenvalue weighted by Gasteiger charge is -2.35. The molecule has 0 radical (unpaired) electrons. The Morgan fingerprint density at radius 2 is 2.05 bits per heavy atom. The molecule has 1 saturated heterocycles. The van der Waals surface area contributed by atoms with Gasteiger partial charge in [-0.15, -0.1) is 0 Å². The normalized spacial score (nSPS) is 22.8. The fourth-order valence-electron chi connectivity index (χ4n) is 3.15. The fraction of sp³-hybridized carbons (Fsp3) is 0.625. The quantitative estimate of drug-likeness (QED) is 0.915. The van der Waals surface area contributed by atoms with E-state index < -0.39 is 11.7 Å². The van der Waals surface area contributed by atoms with Gasteiger partial charge in [-0.1, -0.05) is 25.0 Å². The van der Waals surface area contributed by atoms with Crippen molar-refractivity contribution < 1.29 is 13.2 Å². The summed E-state index contributed by atoms with van der Waals surface area (Å²) in [4.78, 5) is 2.27. The maximum absolute atomic E-state index is 12.9. The Morgan fingerprint density at radius 1 is 1.29 bits per heavy atom. The van der Waals surface area contributed by atoms with Crippen molar-refractivity contribution in [3.05, 3.63) is 35.4 Å². The molecule has 5 heteroatoms. The molecule has 1 fully saturated rings. The van der Waals surface area contributed by atoms with Gasteiger partial charge in [-0.05, 0) is 44.0 Å². The summed E-state index contributed by atoms with van der Waals surface area (Å²) in [5.41, 5.74) is 5.96. The average molecular weight is 300 g/mol. The predicted molar refractivity (Wildman–Crippen MR) is 77.9 cm³/mol. The summed E-state index contributed by atoms with van der Waals surface area (Å²) in [5, 5.41) is 0. The Labute approximate surface area is 124 Å². The molecule has 21 heavy (non-hydrogen) atoms. The topological polar surface area (TPSA) is 29.3 Å². The Hall–Kier alpha value is -1.07. The molecule has 0 saturated carbocycles. The highest BCUT2D eigenvalue weighted by atomic mass is 19.4. The summed E-state index contributed by atoms with van der Waals surface area (Å²) < 4.78 is 38.6.